The molecule has 1 unspecified atom stereocenters. The molecule has 0 radical (unpaired) electrons. The van der Waals surface area contributed by atoms with Crippen molar-refractivity contribution in [2.75, 3.05) is 0 Å². The SMILES string of the molecule is OC(Cn1cccn1)(c1ccc(F)cc1F)n1cncn1. The molecule has 6 nitrogen and oxygen atoms in total. The molecule has 0 aliphatic rings. The summed E-state index contributed by atoms with van der Waals surface area (Å²) in [5.41, 5.74) is -2.00. The van der Waals surface area contributed by atoms with Crippen LogP contribution in [0.1, 0.15) is 5.56 Å². The molecular formula is C13H11F2N5O. The number of hydrogen-bond donors (Lipinski definition) is 1. The fraction of sp³-hybridized carbons (Fsp3) is 0.154. The quantitative estimate of drug-likeness (QED) is 0.783. The van der Waals surface area contributed by atoms with Gasteiger partial charge in [-0.05, 0) is 18.2 Å². The molecule has 1 atom stereocenters. The molecule has 0 fully saturated rings. The zero-order valence-corrected chi connectivity index (χ0v) is 10.8. The number of halogens is 2. The van der Waals surface area contributed by atoms with Crippen LogP contribution in [0, 0.1) is 11.6 Å². The first-order valence-corrected chi connectivity index (χ1v) is 6.10. The minimum absolute atomic E-state index is 0.105. The third kappa shape index (κ3) is 2.40. The second-order valence-corrected chi connectivity index (χ2v) is 4.48. The lowest BCUT2D eigenvalue weighted by molar-refractivity contribution is -0.0295. The Labute approximate surface area is 118 Å². The molecular weight excluding hydrogens is 280 g/mol. The Bertz CT molecular complexity index is 729. The number of aliphatic hydroxyl groups is 1. The molecule has 0 spiro atoms. The molecule has 0 saturated carbocycles. The topological polar surface area (TPSA) is 68.8 Å². The third-order valence-electron chi connectivity index (χ3n) is 3.10. The largest absolute Gasteiger partial charge is 0.364 e. The van der Waals surface area contributed by atoms with Gasteiger partial charge in [0.2, 0.25) is 5.72 Å². The minimum atomic E-state index is -1.87. The van der Waals surface area contributed by atoms with E-state index in [9.17, 15) is 13.9 Å². The second kappa shape index (κ2) is 5.06. The van der Waals surface area contributed by atoms with Crippen molar-refractivity contribution in [2.24, 2.45) is 0 Å². The third-order valence-corrected chi connectivity index (χ3v) is 3.10. The molecule has 2 heterocycles. The molecule has 0 saturated heterocycles. The number of nitrogens with zero attached hydrogens (tertiary/aromatic N) is 5. The standard InChI is InChI=1S/C13H11F2N5O/c14-10-2-3-11(12(15)6-10)13(21,20-9-16-8-18-20)7-19-5-1-4-17-19/h1-6,8-9,21H,7H2. The Morgan fingerprint density at radius 3 is 2.71 bits per heavy atom. The summed E-state index contributed by atoms with van der Waals surface area (Å²) in [5.74, 6) is -1.60. The number of hydrogen-bond acceptors (Lipinski definition) is 4. The van der Waals surface area contributed by atoms with Crippen LogP contribution in [-0.2, 0) is 12.3 Å². The zero-order valence-electron chi connectivity index (χ0n) is 10.8. The van der Waals surface area contributed by atoms with Gasteiger partial charge in [0.15, 0.2) is 0 Å². The summed E-state index contributed by atoms with van der Waals surface area (Å²) in [5, 5.41) is 18.8. The summed E-state index contributed by atoms with van der Waals surface area (Å²) in [6.45, 7) is -0.105. The lowest BCUT2D eigenvalue weighted by Gasteiger charge is -2.28. The van der Waals surface area contributed by atoms with Crippen molar-refractivity contribution >= 4 is 0 Å². The minimum Gasteiger partial charge on any atom is -0.364 e. The maximum Gasteiger partial charge on any atom is 0.208 e. The molecule has 3 aromatic rings. The van der Waals surface area contributed by atoms with E-state index in [1.54, 1.807) is 12.3 Å². The molecule has 0 bridgehead atoms. The van der Waals surface area contributed by atoms with Gasteiger partial charge in [-0.15, -0.1) is 0 Å². The molecule has 21 heavy (non-hydrogen) atoms. The van der Waals surface area contributed by atoms with Gasteiger partial charge in [0.05, 0.1) is 6.54 Å². The van der Waals surface area contributed by atoms with Gasteiger partial charge in [0.25, 0.3) is 0 Å². The fourth-order valence-electron chi connectivity index (χ4n) is 2.11. The predicted molar refractivity (Wildman–Crippen MR) is 67.9 cm³/mol. The molecule has 0 amide bonds. The van der Waals surface area contributed by atoms with Crippen LogP contribution in [0.5, 0.6) is 0 Å². The van der Waals surface area contributed by atoms with Gasteiger partial charge in [-0.1, -0.05) is 0 Å². The van der Waals surface area contributed by atoms with Crippen LogP contribution in [0.2, 0.25) is 0 Å². The predicted octanol–water partition coefficient (Wildman–Crippen LogP) is 1.15. The van der Waals surface area contributed by atoms with Gasteiger partial charge in [0, 0.05) is 24.0 Å². The molecule has 0 aliphatic heterocycles. The van der Waals surface area contributed by atoms with Crippen molar-refractivity contribution in [1.82, 2.24) is 24.5 Å². The number of rotatable bonds is 4. The number of aromatic nitrogens is 5. The van der Waals surface area contributed by atoms with Gasteiger partial charge in [-0.25, -0.2) is 18.4 Å². The summed E-state index contributed by atoms with van der Waals surface area (Å²) >= 11 is 0. The maximum atomic E-state index is 14.1. The van der Waals surface area contributed by atoms with Crippen LogP contribution in [0.3, 0.4) is 0 Å². The van der Waals surface area contributed by atoms with Crippen molar-refractivity contribution in [3.8, 4) is 0 Å². The first-order valence-electron chi connectivity index (χ1n) is 6.10. The fourth-order valence-corrected chi connectivity index (χ4v) is 2.11. The summed E-state index contributed by atoms with van der Waals surface area (Å²) in [6, 6.07) is 4.63. The van der Waals surface area contributed by atoms with E-state index >= 15 is 0 Å². The van der Waals surface area contributed by atoms with E-state index in [-0.39, 0.29) is 12.1 Å². The van der Waals surface area contributed by atoms with Gasteiger partial charge >= 0.3 is 0 Å². The average molecular weight is 291 g/mol. The van der Waals surface area contributed by atoms with Crippen molar-refractivity contribution in [1.29, 1.82) is 0 Å². The van der Waals surface area contributed by atoms with E-state index in [0.29, 0.717) is 6.07 Å². The average Bonchev–Trinajstić information content (AvgIpc) is 3.11. The Morgan fingerprint density at radius 1 is 1.24 bits per heavy atom. The summed E-state index contributed by atoms with van der Waals surface area (Å²) in [6.07, 6.45) is 5.62. The highest BCUT2D eigenvalue weighted by Crippen LogP contribution is 2.27. The molecule has 8 heteroatoms. The highest BCUT2D eigenvalue weighted by atomic mass is 19.1. The van der Waals surface area contributed by atoms with Crippen LogP contribution in [0.4, 0.5) is 8.78 Å². The Balaban J connectivity index is 2.12. The van der Waals surface area contributed by atoms with Crippen molar-refractivity contribution in [3.05, 3.63) is 66.5 Å². The van der Waals surface area contributed by atoms with Crippen LogP contribution in [-0.4, -0.2) is 29.7 Å². The molecule has 108 valence electrons. The van der Waals surface area contributed by atoms with Crippen LogP contribution >= 0.6 is 0 Å². The molecule has 3 rings (SSSR count). The van der Waals surface area contributed by atoms with Gasteiger partial charge in [0.1, 0.15) is 24.3 Å². The smallest absolute Gasteiger partial charge is 0.208 e. The summed E-state index contributed by atoms with van der Waals surface area (Å²) < 4.78 is 29.7. The molecule has 2 aromatic heterocycles. The van der Waals surface area contributed by atoms with Crippen molar-refractivity contribution in [3.63, 3.8) is 0 Å². The monoisotopic (exact) mass is 291 g/mol. The van der Waals surface area contributed by atoms with E-state index in [2.05, 4.69) is 15.2 Å². The highest BCUT2D eigenvalue weighted by molar-refractivity contribution is 5.25. The lowest BCUT2D eigenvalue weighted by atomic mass is 10.0. The first kappa shape index (κ1) is 13.4. The van der Waals surface area contributed by atoms with Crippen LogP contribution in [0.15, 0.2) is 49.3 Å². The molecule has 0 aliphatic carbocycles. The normalized spacial score (nSPS) is 14.0. The van der Waals surface area contributed by atoms with Gasteiger partial charge in [-0.3, -0.25) is 4.68 Å². The Kier molecular flexibility index (Phi) is 3.22. The lowest BCUT2D eigenvalue weighted by Crippen LogP contribution is -2.40. The van der Waals surface area contributed by atoms with E-state index in [1.165, 1.54) is 29.6 Å². The molecule has 1 aromatic carbocycles. The Hall–Kier alpha value is -2.61. The molecule has 1 N–H and O–H groups in total. The Morgan fingerprint density at radius 2 is 2.10 bits per heavy atom. The maximum absolute atomic E-state index is 14.1. The second-order valence-electron chi connectivity index (χ2n) is 4.48. The van der Waals surface area contributed by atoms with Crippen LogP contribution < -0.4 is 0 Å². The highest BCUT2D eigenvalue weighted by Gasteiger charge is 2.36. The van der Waals surface area contributed by atoms with E-state index in [1.807, 2.05) is 0 Å². The van der Waals surface area contributed by atoms with E-state index in [0.717, 1.165) is 10.7 Å². The van der Waals surface area contributed by atoms with Crippen molar-refractivity contribution in [2.45, 2.75) is 12.3 Å². The van der Waals surface area contributed by atoms with Gasteiger partial charge in [-0.2, -0.15) is 10.2 Å². The van der Waals surface area contributed by atoms with Gasteiger partial charge < -0.3 is 5.11 Å². The van der Waals surface area contributed by atoms with Crippen molar-refractivity contribution < 1.29 is 13.9 Å². The number of benzene rings is 1. The zero-order chi connectivity index (χ0) is 14.9. The van der Waals surface area contributed by atoms with E-state index < -0.39 is 17.4 Å². The summed E-state index contributed by atoms with van der Waals surface area (Å²) in [4.78, 5) is 3.76. The summed E-state index contributed by atoms with van der Waals surface area (Å²) in [7, 11) is 0. The van der Waals surface area contributed by atoms with Crippen LogP contribution in [0.25, 0.3) is 0 Å². The van der Waals surface area contributed by atoms with E-state index in [4.69, 9.17) is 0 Å². The first-order chi connectivity index (χ1) is 10.1.